The lowest BCUT2D eigenvalue weighted by atomic mass is 10.0. The van der Waals surface area contributed by atoms with Crippen molar-refractivity contribution in [3.05, 3.63) is 23.1 Å². The molecule has 27 heavy (non-hydrogen) atoms. The number of nitrogens with zero attached hydrogens (tertiary/aromatic N) is 5. The van der Waals surface area contributed by atoms with E-state index >= 15 is 0 Å². The molecule has 1 saturated heterocycles. The van der Waals surface area contributed by atoms with Crippen LogP contribution in [0.15, 0.2) is 12.4 Å². The van der Waals surface area contributed by atoms with Crippen molar-refractivity contribution in [3.63, 3.8) is 0 Å². The van der Waals surface area contributed by atoms with E-state index in [1.807, 2.05) is 13.0 Å². The number of hydrogen-bond acceptors (Lipinski definition) is 5. The molecule has 4 rings (SSSR count). The zero-order valence-corrected chi connectivity index (χ0v) is 17.0. The Bertz CT molecular complexity index is 934. The molecule has 2 aliphatic rings. The van der Waals surface area contributed by atoms with E-state index in [1.165, 1.54) is 23.5 Å². The first-order valence-corrected chi connectivity index (χ1v) is 11.3. The van der Waals surface area contributed by atoms with E-state index in [-0.39, 0.29) is 6.04 Å². The van der Waals surface area contributed by atoms with Crippen LogP contribution in [0.3, 0.4) is 0 Å². The summed E-state index contributed by atoms with van der Waals surface area (Å²) in [5.74, 6) is 1.51. The zero-order valence-electron chi connectivity index (χ0n) is 15.4. The third-order valence-electron chi connectivity index (χ3n) is 5.64. The van der Waals surface area contributed by atoms with Crippen molar-refractivity contribution in [1.29, 1.82) is 0 Å². The second-order valence-electron chi connectivity index (χ2n) is 7.60. The SMILES string of the molecule is Cc1cc(Cl)n2ncnc(N3CCC(N(CCC4CC4)S(N)(=O)=O)CC3)c12. The predicted molar refractivity (Wildman–Crippen MR) is 105 cm³/mol. The maximum absolute atomic E-state index is 12.1. The van der Waals surface area contributed by atoms with Gasteiger partial charge in [0.25, 0.3) is 10.2 Å². The molecule has 2 aromatic heterocycles. The molecule has 0 bridgehead atoms. The van der Waals surface area contributed by atoms with Crippen LogP contribution in [-0.4, -0.2) is 53.0 Å². The summed E-state index contributed by atoms with van der Waals surface area (Å²) in [5, 5.41) is 10.3. The molecule has 0 unspecified atom stereocenters. The van der Waals surface area contributed by atoms with Gasteiger partial charge >= 0.3 is 0 Å². The van der Waals surface area contributed by atoms with E-state index in [2.05, 4.69) is 15.0 Å². The molecule has 2 fully saturated rings. The first-order valence-electron chi connectivity index (χ1n) is 9.38. The highest BCUT2D eigenvalue weighted by Gasteiger charge is 2.33. The minimum absolute atomic E-state index is 0.0515. The van der Waals surface area contributed by atoms with Gasteiger partial charge in [0.1, 0.15) is 17.0 Å². The summed E-state index contributed by atoms with van der Waals surface area (Å²) in [6, 6.07) is 1.83. The molecule has 1 saturated carbocycles. The number of aromatic nitrogens is 3. The largest absolute Gasteiger partial charge is 0.355 e. The van der Waals surface area contributed by atoms with E-state index in [0.717, 1.165) is 49.2 Å². The number of aryl methyl sites for hydroxylation is 1. The lowest BCUT2D eigenvalue weighted by Gasteiger charge is -2.37. The molecular weight excluding hydrogens is 388 g/mol. The van der Waals surface area contributed by atoms with Crippen molar-refractivity contribution in [3.8, 4) is 0 Å². The van der Waals surface area contributed by atoms with E-state index in [0.29, 0.717) is 17.6 Å². The Kier molecular flexibility index (Phi) is 5.04. The van der Waals surface area contributed by atoms with E-state index in [4.69, 9.17) is 16.7 Å². The normalized spacial score (nSPS) is 19.3. The highest BCUT2D eigenvalue weighted by atomic mass is 35.5. The molecule has 8 nitrogen and oxygen atoms in total. The maximum Gasteiger partial charge on any atom is 0.277 e. The smallest absolute Gasteiger partial charge is 0.277 e. The van der Waals surface area contributed by atoms with Crippen LogP contribution in [0.25, 0.3) is 5.52 Å². The second-order valence-corrected chi connectivity index (χ2v) is 9.49. The molecule has 148 valence electrons. The van der Waals surface area contributed by atoms with Gasteiger partial charge in [-0.15, -0.1) is 0 Å². The molecular formula is C17H25ClN6O2S. The third-order valence-corrected chi connectivity index (χ3v) is 7.04. The fraction of sp³-hybridized carbons (Fsp3) is 0.647. The van der Waals surface area contributed by atoms with Gasteiger partial charge in [0.2, 0.25) is 0 Å². The van der Waals surface area contributed by atoms with Crippen LogP contribution in [0.5, 0.6) is 0 Å². The van der Waals surface area contributed by atoms with Gasteiger partial charge < -0.3 is 4.90 Å². The van der Waals surface area contributed by atoms with Gasteiger partial charge in [-0.05, 0) is 43.7 Å². The summed E-state index contributed by atoms with van der Waals surface area (Å²) < 4.78 is 27.4. The molecule has 0 atom stereocenters. The average Bonchev–Trinajstić information content (AvgIpc) is 3.40. The first-order chi connectivity index (χ1) is 12.8. The highest BCUT2D eigenvalue weighted by Crippen LogP contribution is 2.34. The molecule has 3 heterocycles. The lowest BCUT2D eigenvalue weighted by Crippen LogP contribution is -2.50. The third kappa shape index (κ3) is 3.91. The van der Waals surface area contributed by atoms with Gasteiger partial charge in [0.15, 0.2) is 5.82 Å². The van der Waals surface area contributed by atoms with Gasteiger partial charge in [0, 0.05) is 25.7 Å². The monoisotopic (exact) mass is 412 g/mol. The summed E-state index contributed by atoms with van der Waals surface area (Å²) in [7, 11) is -3.68. The van der Waals surface area contributed by atoms with Crippen LogP contribution in [0.4, 0.5) is 5.82 Å². The van der Waals surface area contributed by atoms with Crippen molar-refractivity contribution in [2.24, 2.45) is 11.1 Å². The van der Waals surface area contributed by atoms with Crippen LogP contribution in [0.1, 0.15) is 37.7 Å². The number of fused-ring (bicyclic) bond motifs is 1. The van der Waals surface area contributed by atoms with E-state index in [9.17, 15) is 8.42 Å². The molecule has 0 spiro atoms. The molecule has 0 radical (unpaired) electrons. The number of piperidine rings is 1. The molecule has 0 amide bonds. The molecule has 1 aliphatic carbocycles. The number of hydrogen-bond donors (Lipinski definition) is 1. The molecule has 1 aliphatic heterocycles. The standard InChI is InChI=1S/C17H25ClN6O2S/c1-12-10-15(18)24-16(12)17(20-11-21-24)22-7-5-14(6-8-22)23(27(19,25)26)9-4-13-2-3-13/h10-11,13-14H,2-9H2,1H3,(H2,19,25,26). The van der Waals surface area contributed by atoms with E-state index < -0.39 is 10.2 Å². The van der Waals surface area contributed by atoms with Gasteiger partial charge in [-0.1, -0.05) is 24.4 Å². The Labute approximate surface area is 164 Å². The summed E-state index contributed by atoms with van der Waals surface area (Å²) in [6.07, 6.45) is 6.28. The Morgan fingerprint density at radius 2 is 2.00 bits per heavy atom. The summed E-state index contributed by atoms with van der Waals surface area (Å²) in [6.45, 7) is 3.95. The van der Waals surface area contributed by atoms with Gasteiger partial charge in [0.05, 0.1) is 0 Å². The van der Waals surface area contributed by atoms with Crippen LogP contribution in [-0.2, 0) is 10.2 Å². The van der Waals surface area contributed by atoms with Gasteiger partial charge in [-0.25, -0.2) is 14.6 Å². The Morgan fingerprint density at radius 3 is 2.63 bits per heavy atom. The number of halogens is 1. The Morgan fingerprint density at radius 1 is 1.30 bits per heavy atom. The fourth-order valence-corrected chi connectivity index (χ4v) is 5.27. The summed E-state index contributed by atoms with van der Waals surface area (Å²) in [4.78, 5) is 6.65. The molecule has 2 aromatic rings. The maximum atomic E-state index is 12.1. The van der Waals surface area contributed by atoms with E-state index in [1.54, 1.807) is 4.52 Å². The Hall–Kier alpha value is -1.42. The predicted octanol–water partition coefficient (Wildman–Crippen LogP) is 1.97. The zero-order chi connectivity index (χ0) is 19.2. The topological polar surface area (TPSA) is 96.8 Å². The lowest BCUT2D eigenvalue weighted by molar-refractivity contribution is 0.268. The van der Waals surface area contributed by atoms with Crippen molar-refractivity contribution < 1.29 is 8.42 Å². The Balaban J connectivity index is 1.50. The van der Waals surface area contributed by atoms with Crippen LogP contribution in [0.2, 0.25) is 5.15 Å². The van der Waals surface area contributed by atoms with Crippen molar-refractivity contribution in [1.82, 2.24) is 18.9 Å². The average molecular weight is 413 g/mol. The fourth-order valence-electron chi connectivity index (χ4n) is 3.99. The van der Waals surface area contributed by atoms with Crippen LogP contribution < -0.4 is 10.0 Å². The minimum atomic E-state index is -3.68. The van der Waals surface area contributed by atoms with Crippen molar-refractivity contribution in [2.75, 3.05) is 24.5 Å². The molecule has 0 aromatic carbocycles. The highest BCUT2D eigenvalue weighted by molar-refractivity contribution is 7.86. The van der Waals surface area contributed by atoms with Gasteiger partial charge in [-0.3, -0.25) is 0 Å². The second kappa shape index (κ2) is 7.20. The van der Waals surface area contributed by atoms with Crippen LogP contribution in [0, 0.1) is 12.8 Å². The number of nitrogens with two attached hydrogens (primary N) is 1. The first kappa shape index (κ1) is 18.9. The summed E-state index contributed by atoms with van der Waals surface area (Å²) in [5.41, 5.74) is 1.92. The minimum Gasteiger partial charge on any atom is -0.355 e. The summed E-state index contributed by atoms with van der Waals surface area (Å²) >= 11 is 6.24. The molecule has 2 N–H and O–H groups in total. The quantitative estimate of drug-likeness (QED) is 0.782. The molecule has 10 heteroatoms. The number of rotatable bonds is 6. The van der Waals surface area contributed by atoms with Crippen molar-refractivity contribution in [2.45, 2.75) is 45.1 Å². The van der Waals surface area contributed by atoms with Crippen LogP contribution >= 0.6 is 11.6 Å². The number of anilines is 1. The van der Waals surface area contributed by atoms with Gasteiger partial charge in [-0.2, -0.15) is 17.8 Å². The van der Waals surface area contributed by atoms with Crippen molar-refractivity contribution >= 4 is 33.1 Å².